The Balaban J connectivity index is 2.28. The number of rotatable bonds is 4. The van der Waals surface area contributed by atoms with Crippen LogP contribution in [-0.4, -0.2) is 19.2 Å². The third-order valence-corrected chi connectivity index (χ3v) is 4.07. The number of anilines is 1. The second kappa shape index (κ2) is 5.42. The molecule has 0 amide bonds. The molecule has 0 atom stereocenters. The van der Waals surface area contributed by atoms with E-state index in [1.165, 1.54) is 31.2 Å². The van der Waals surface area contributed by atoms with Crippen LogP contribution >= 0.6 is 0 Å². The molecule has 0 bridgehead atoms. The van der Waals surface area contributed by atoms with E-state index in [0.29, 0.717) is 5.56 Å². The molecule has 0 saturated carbocycles. The van der Waals surface area contributed by atoms with Gasteiger partial charge in [-0.05, 0) is 38.1 Å². The van der Waals surface area contributed by atoms with Gasteiger partial charge in [0.05, 0.1) is 4.90 Å². The summed E-state index contributed by atoms with van der Waals surface area (Å²) in [5.41, 5.74) is 1.19. The van der Waals surface area contributed by atoms with Crippen molar-refractivity contribution >= 4 is 21.6 Å². The molecule has 0 fully saturated rings. The van der Waals surface area contributed by atoms with Crippen molar-refractivity contribution in [1.29, 1.82) is 0 Å². The summed E-state index contributed by atoms with van der Waals surface area (Å²) in [6.45, 7) is 3.21. The molecule has 2 aromatic rings. The highest BCUT2D eigenvalue weighted by atomic mass is 32.2. The second-order valence-corrected chi connectivity index (χ2v) is 6.03. The molecule has 1 N–H and O–H groups in total. The zero-order valence-corrected chi connectivity index (χ0v) is 11.9. The van der Waals surface area contributed by atoms with Crippen molar-refractivity contribution in [2.45, 2.75) is 18.7 Å². The van der Waals surface area contributed by atoms with Crippen LogP contribution in [0.2, 0.25) is 0 Å². The van der Waals surface area contributed by atoms with E-state index in [4.69, 9.17) is 0 Å². The number of hydrogen-bond donors (Lipinski definition) is 1. The van der Waals surface area contributed by atoms with Gasteiger partial charge in [-0.15, -0.1) is 0 Å². The Hall–Kier alpha value is -2.21. The van der Waals surface area contributed by atoms with Crippen molar-refractivity contribution in [3.05, 3.63) is 53.7 Å². The molecule has 0 saturated heterocycles. The van der Waals surface area contributed by atoms with E-state index >= 15 is 0 Å². The lowest BCUT2D eigenvalue weighted by Crippen LogP contribution is -2.14. The molecule has 20 heavy (non-hydrogen) atoms. The molecule has 0 unspecified atom stereocenters. The number of nitrogens with zero attached hydrogens (tertiary/aromatic N) is 1. The molecule has 0 aliphatic rings. The topological polar surface area (TPSA) is 76.1 Å². The number of nitrogens with one attached hydrogen (secondary N) is 1. The van der Waals surface area contributed by atoms with Gasteiger partial charge >= 0.3 is 0 Å². The Morgan fingerprint density at radius 2 is 1.75 bits per heavy atom. The predicted octanol–water partition coefficient (Wildman–Crippen LogP) is 2.39. The number of benzene rings is 1. The maximum atomic E-state index is 12.2. The van der Waals surface area contributed by atoms with E-state index in [9.17, 15) is 13.2 Å². The predicted molar refractivity (Wildman–Crippen MR) is 76.2 cm³/mol. The van der Waals surface area contributed by atoms with Gasteiger partial charge in [0.2, 0.25) is 0 Å². The van der Waals surface area contributed by atoms with Crippen LogP contribution in [0, 0.1) is 6.92 Å². The van der Waals surface area contributed by atoms with Crippen molar-refractivity contribution in [3.63, 3.8) is 0 Å². The number of aryl methyl sites for hydroxylation is 1. The molecule has 0 aliphatic carbocycles. The van der Waals surface area contributed by atoms with Crippen molar-refractivity contribution < 1.29 is 13.2 Å². The molecule has 104 valence electrons. The Labute approximate surface area is 117 Å². The fraction of sp³-hybridized carbons (Fsp3) is 0.143. The van der Waals surface area contributed by atoms with E-state index < -0.39 is 10.0 Å². The molecule has 1 heterocycles. The fourth-order valence-electron chi connectivity index (χ4n) is 1.67. The smallest absolute Gasteiger partial charge is 0.263 e. The Kier molecular flexibility index (Phi) is 3.85. The van der Waals surface area contributed by atoms with Gasteiger partial charge in [0.1, 0.15) is 5.82 Å². The van der Waals surface area contributed by atoms with Crippen LogP contribution in [0.4, 0.5) is 5.82 Å². The van der Waals surface area contributed by atoms with Gasteiger partial charge in [-0.1, -0.05) is 18.2 Å². The quantitative estimate of drug-likeness (QED) is 0.877. The largest absolute Gasteiger partial charge is 0.295 e. The number of aromatic nitrogens is 1. The zero-order chi connectivity index (χ0) is 14.8. The third-order valence-electron chi connectivity index (χ3n) is 2.70. The number of ketones is 1. The van der Waals surface area contributed by atoms with E-state index in [0.717, 1.165) is 5.69 Å². The number of carbonyl (C=O) groups excluding carboxylic acids is 1. The summed E-state index contributed by atoms with van der Waals surface area (Å²) in [5, 5.41) is 0. The monoisotopic (exact) mass is 290 g/mol. The first-order valence-corrected chi connectivity index (χ1v) is 7.44. The summed E-state index contributed by atoms with van der Waals surface area (Å²) >= 11 is 0. The van der Waals surface area contributed by atoms with Gasteiger partial charge < -0.3 is 0 Å². The van der Waals surface area contributed by atoms with Crippen molar-refractivity contribution in [3.8, 4) is 0 Å². The second-order valence-electron chi connectivity index (χ2n) is 4.35. The van der Waals surface area contributed by atoms with Crippen LogP contribution < -0.4 is 4.72 Å². The van der Waals surface area contributed by atoms with E-state index in [2.05, 4.69) is 9.71 Å². The number of Topliss-reactive ketones (excluding diaryl/α,β-unsaturated/α-hetero) is 1. The fourth-order valence-corrected chi connectivity index (χ4v) is 2.67. The molecule has 1 aromatic carbocycles. The van der Waals surface area contributed by atoms with Crippen molar-refractivity contribution in [2.24, 2.45) is 0 Å². The van der Waals surface area contributed by atoms with Crippen LogP contribution in [-0.2, 0) is 10.0 Å². The van der Waals surface area contributed by atoms with Gasteiger partial charge in [0, 0.05) is 11.3 Å². The summed E-state index contributed by atoms with van der Waals surface area (Å²) < 4.78 is 26.7. The standard InChI is InChI=1S/C14H14N2O3S/c1-10-4-3-5-14(15-10)16-20(18,19)13-8-6-12(7-9-13)11(2)17/h3-9H,1-2H3,(H,15,16). The highest BCUT2D eigenvalue weighted by Gasteiger charge is 2.15. The molecular formula is C14H14N2O3S. The minimum atomic E-state index is -3.70. The SMILES string of the molecule is CC(=O)c1ccc(S(=O)(=O)Nc2cccc(C)n2)cc1. The van der Waals surface area contributed by atoms with Gasteiger partial charge in [0.25, 0.3) is 10.0 Å². The first-order valence-electron chi connectivity index (χ1n) is 5.96. The van der Waals surface area contributed by atoms with Crippen LogP contribution in [0.1, 0.15) is 23.0 Å². The Bertz CT molecular complexity index is 737. The van der Waals surface area contributed by atoms with Crippen molar-refractivity contribution in [1.82, 2.24) is 4.98 Å². The Morgan fingerprint density at radius 1 is 1.10 bits per heavy atom. The average Bonchev–Trinajstić information content (AvgIpc) is 2.38. The molecule has 1 aromatic heterocycles. The van der Waals surface area contributed by atoms with Crippen LogP contribution in [0.5, 0.6) is 0 Å². The van der Waals surface area contributed by atoms with E-state index in [-0.39, 0.29) is 16.5 Å². The van der Waals surface area contributed by atoms with E-state index in [1.807, 2.05) is 0 Å². The lowest BCUT2D eigenvalue weighted by molar-refractivity contribution is 0.101. The summed E-state index contributed by atoms with van der Waals surface area (Å²) in [7, 11) is -3.70. The average molecular weight is 290 g/mol. The molecule has 5 nitrogen and oxygen atoms in total. The van der Waals surface area contributed by atoms with Gasteiger partial charge in [-0.25, -0.2) is 13.4 Å². The third kappa shape index (κ3) is 3.21. The zero-order valence-electron chi connectivity index (χ0n) is 11.1. The maximum Gasteiger partial charge on any atom is 0.263 e. The molecule has 0 spiro atoms. The normalized spacial score (nSPS) is 11.1. The van der Waals surface area contributed by atoms with Crippen LogP contribution in [0.3, 0.4) is 0 Å². The lowest BCUT2D eigenvalue weighted by atomic mass is 10.2. The van der Waals surface area contributed by atoms with Crippen LogP contribution in [0.15, 0.2) is 47.4 Å². The summed E-state index contributed by atoms with van der Waals surface area (Å²) in [6.07, 6.45) is 0. The lowest BCUT2D eigenvalue weighted by Gasteiger charge is -2.08. The Morgan fingerprint density at radius 3 is 2.30 bits per heavy atom. The summed E-state index contributed by atoms with van der Waals surface area (Å²) in [5.74, 6) is 0.155. The first-order chi connectivity index (χ1) is 9.38. The molecule has 0 radical (unpaired) electrons. The van der Waals surface area contributed by atoms with Gasteiger partial charge in [0.15, 0.2) is 5.78 Å². The number of sulfonamides is 1. The van der Waals surface area contributed by atoms with E-state index in [1.54, 1.807) is 25.1 Å². The highest BCUT2D eigenvalue weighted by molar-refractivity contribution is 7.92. The molecular weight excluding hydrogens is 276 g/mol. The van der Waals surface area contributed by atoms with Crippen LogP contribution in [0.25, 0.3) is 0 Å². The van der Waals surface area contributed by atoms with Crippen molar-refractivity contribution in [2.75, 3.05) is 4.72 Å². The number of pyridine rings is 1. The van der Waals surface area contributed by atoms with Gasteiger partial charge in [-0.2, -0.15) is 0 Å². The number of carbonyl (C=O) groups is 1. The summed E-state index contributed by atoms with van der Waals surface area (Å²) in [4.78, 5) is 15.3. The first kappa shape index (κ1) is 14.2. The minimum Gasteiger partial charge on any atom is -0.295 e. The summed E-state index contributed by atoms with van der Waals surface area (Å²) in [6, 6.07) is 10.8. The minimum absolute atomic E-state index is 0.0887. The number of hydrogen-bond acceptors (Lipinski definition) is 4. The van der Waals surface area contributed by atoms with Gasteiger partial charge in [-0.3, -0.25) is 9.52 Å². The highest BCUT2D eigenvalue weighted by Crippen LogP contribution is 2.15. The molecule has 6 heteroatoms. The molecule has 2 rings (SSSR count). The molecule has 0 aliphatic heterocycles. The maximum absolute atomic E-state index is 12.2.